The lowest BCUT2D eigenvalue weighted by molar-refractivity contribution is -0.133. The maximum Gasteiger partial charge on any atom is 0.243 e. The summed E-state index contributed by atoms with van der Waals surface area (Å²) in [6.45, 7) is 9.59. The van der Waals surface area contributed by atoms with E-state index in [0.717, 1.165) is 50.8 Å². The van der Waals surface area contributed by atoms with E-state index in [0.29, 0.717) is 11.8 Å². The van der Waals surface area contributed by atoms with Crippen molar-refractivity contribution in [1.29, 1.82) is 0 Å². The molecular formula is C19H32N4O2. The van der Waals surface area contributed by atoms with E-state index in [-0.39, 0.29) is 12.0 Å². The minimum Gasteiger partial charge on any atom is -0.340 e. The summed E-state index contributed by atoms with van der Waals surface area (Å²) in [6, 6.07) is 0.107. The van der Waals surface area contributed by atoms with Crippen LogP contribution >= 0.6 is 0 Å². The van der Waals surface area contributed by atoms with Gasteiger partial charge in [-0.2, -0.15) is 4.98 Å². The summed E-state index contributed by atoms with van der Waals surface area (Å²) in [6.07, 6.45) is 7.15. The molecule has 2 aliphatic rings. The van der Waals surface area contributed by atoms with Crippen LogP contribution in [-0.2, 0) is 4.79 Å². The predicted octanol–water partition coefficient (Wildman–Crippen LogP) is 3.37. The zero-order chi connectivity index (χ0) is 17.8. The average molecular weight is 348 g/mol. The van der Waals surface area contributed by atoms with Crippen molar-refractivity contribution in [3.8, 4) is 0 Å². The Morgan fingerprint density at radius 3 is 2.44 bits per heavy atom. The smallest absolute Gasteiger partial charge is 0.243 e. The number of rotatable bonds is 6. The van der Waals surface area contributed by atoms with Gasteiger partial charge >= 0.3 is 0 Å². The molecule has 0 spiro atoms. The molecule has 1 amide bonds. The average Bonchev–Trinajstić information content (AvgIpc) is 3.30. The topological polar surface area (TPSA) is 62.5 Å². The number of hydrogen-bond donors (Lipinski definition) is 0. The zero-order valence-corrected chi connectivity index (χ0v) is 15.9. The van der Waals surface area contributed by atoms with Crippen LogP contribution in [0.15, 0.2) is 4.52 Å². The van der Waals surface area contributed by atoms with Crippen LogP contribution in [0.1, 0.15) is 83.0 Å². The number of amides is 1. The molecule has 1 aliphatic carbocycles. The maximum absolute atomic E-state index is 12.4. The van der Waals surface area contributed by atoms with Crippen LogP contribution < -0.4 is 0 Å². The van der Waals surface area contributed by atoms with Crippen molar-refractivity contribution >= 4 is 5.91 Å². The quantitative estimate of drug-likeness (QED) is 0.789. The highest BCUT2D eigenvalue weighted by atomic mass is 16.5. The number of piperazine rings is 1. The number of nitrogens with zero attached hydrogens (tertiary/aromatic N) is 4. The maximum atomic E-state index is 12.4. The molecule has 1 unspecified atom stereocenters. The molecule has 0 aromatic carbocycles. The predicted molar refractivity (Wildman–Crippen MR) is 96.1 cm³/mol. The van der Waals surface area contributed by atoms with Crippen molar-refractivity contribution < 1.29 is 9.32 Å². The molecule has 0 N–H and O–H groups in total. The normalized spacial score (nSPS) is 21.2. The lowest BCUT2D eigenvalue weighted by atomic mass is 10.0. The first-order valence-electron chi connectivity index (χ1n) is 9.90. The highest BCUT2D eigenvalue weighted by molar-refractivity contribution is 5.76. The van der Waals surface area contributed by atoms with Crippen LogP contribution in [-0.4, -0.2) is 52.0 Å². The molecule has 0 radical (unpaired) electrons. The fourth-order valence-corrected chi connectivity index (χ4v) is 3.95. The Balaban J connectivity index is 1.44. The largest absolute Gasteiger partial charge is 0.340 e. The fourth-order valence-electron chi connectivity index (χ4n) is 3.95. The van der Waals surface area contributed by atoms with Gasteiger partial charge in [-0.3, -0.25) is 9.69 Å². The van der Waals surface area contributed by atoms with Crippen LogP contribution in [0.25, 0.3) is 0 Å². The first kappa shape index (κ1) is 18.4. The molecule has 140 valence electrons. The molecule has 1 aliphatic heterocycles. The van der Waals surface area contributed by atoms with Crippen LogP contribution in [0.3, 0.4) is 0 Å². The van der Waals surface area contributed by atoms with Crippen LogP contribution in [0.5, 0.6) is 0 Å². The molecule has 1 saturated carbocycles. The molecule has 1 aromatic heterocycles. The van der Waals surface area contributed by atoms with E-state index in [1.54, 1.807) is 0 Å². The van der Waals surface area contributed by atoms with Crippen LogP contribution in [0, 0.1) is 5.92 Å². The summed E-state index contributed by atoms with van der Waals surface area (Å²) < 4.78 is 5.43. The number of hydrogen-bond acceptors (Lipinski definition) is 5. The highest BCUT2D eigenvalue weighted by Gasteiger charge is 2.28. The van der Waals surface area contributed by atoms with Gasteiger partial charge in [0.25, 0.3) is 0 Å². The van der Waals surface area contributed by atoms with Gasteiger partial charge in [-0.15, -0.1) is 0 Å². The second kappa shape index (κ2) is 8.30. The van der Waals surface area contributed by atoms with E-state index in [4.69, 9.17) is 4.52 Å². The van der Waals surface area contributed by atoms with Crippen molar-refractivity contribution in [3.63, 3.8) is 0 Å². The van der Waals surface area contributed by atoms with E-state index in [1.165, 1.54) is 25.7 Å². The molecule has 1 saturated heterocycles. The molecule has 2 heterocycles. The molecule has 1 atom stereocenters. The van der Waals surface area contributed by atoms with Gasteiger partial charge in [0.1, 0.15) is 0 Å². The minimum absolute atomic E-state index is 0.107. The highest BCUT2D eigenvalue weighted by Crippen LogP contribution is 2.29. The Hall–Kier alpha value is -1.43. The van der Waals surface area contributed by atoms with Gasteiger partial charge in [0.05, 0.1) is 6.04 Å². The van der Waals surface area contributed by atoms with Crippen LogP contribution in [0.4, 0.5) is 0 Å². The standard InChI is InChI=1S/C19H32N4O2/c1-14(2)18-20-19(25-21-18)15(3)22-10-12-23(13-11-22)17(24)9-8-16-6-4-5-7-16/h14-16H,4-13H2,1-3H3. The van der Waals surface area contributed by atoms with Gasteiger partial charge in [0.15, 0.2) is 5.82 Å². The van der Waals surface area contributed by atoms with E-state index in [1.807, 2.05) is 4.90 Å². The molecule has 6 nitrogen and oxygen atoms in total. The molecule has 2 fully saturated rings. The SMILES string of the molecule is CC(C)c1noc(C(C)N2CCN(C(=O)CCC3CCCC3)CC2)n1. The van der Waals surface area contributed by atoms with Crippen molar-refractivity contribution in [1.82, 2.24) is 19.9 Å². The molecule has 25 heavy (non-hydrogen) atoms. The fraction of sp³-hybridized carbons (Fsp3) is 0.842. The summed E-state index contributed by atoms with van der Waals surface area (Å²) >= 11 is 0. The third kappa shape index (κ3) is 4.60. The van der Waals surface area contributed by atoms with Crippen molar-refractivity contribution in [2.45, 2.75) is 71.3 Å². The van der Waals surface area contributed by atoms with E-state index < -0.39 is 0 Å². The summed E-state index contributed by atoms with van der Waals surface area (Å²) in [4.78, 5) is 21.3. The van der Waals surface area contributed by atoms with Crippen LogP contribution in [0.2, 0.25) is 0 Å². The molecule has 3 rings (SSSR count). The summed E-state index contributed by atoms with van der Waals surface area (Å²) in [5.74, 6) is 2.85. The number of carbonyl (C=O) groups is 1. The number of carbonyl (C=O) groups excluding carboxylic acids is 1. The van der Waals surface area contributed by atoms with Gasteiger partial charge in [0, 0.05) is 38.5 Å². The Morgan fingerprint density at radius 1 is 1.16 bits per heavy atom. The summed E-state index contributed by atoms with van der Waals surface area (Å²) in [7, 11) is 0. The summed E-state index contributed by atoms with van der Waals surface area (Å²) in [5.41, 5.74) is 0. The van der Waals surface area contributed by atoms with E-state index in [9.17, 15) is 4.79 Å². The van der Waals surface area contributed by atoms with Gasteiger partial charge in [-0.1, -0.05) is 44.7 Å². The van der Waals surface area contributed by atoms with Gasteiger partial charge in [-0.25, -0.2) is 0 Å². The third-order valence-electron chi connectivity index (χ3n) is 5.79. The van der Waals surface area contributed by atoms with E-state index in [2.05, 4.69) is 35.8 Å². The summed E-state index contributed by atoms with van der Waals surface area (Å²) in [5, 5.41) is 4.06. The Labute approximate surface area is 150 Å². The molecule has 6 heteroatoms. The first-order chi connectivity index (χ1) is 12.0. The van der Waals surface area contributed by atoms with E-state index >= 15 is 0 Å². The van der Waals surface area contributed by atoms with Gasteiger partial charge in [-0.05, 0) is 19.3 Å². The second-order valence-corrected chi connectivity index (χ2v) is 7.93. The Bertz CT molecular complexity index is 558. The lowest BCUT2D eigenvalue weighted by Gasteiger charge is -2.37. The van der Waals surface area contributed by atoms with Gasteiger partial charge < -0.3 is 9.42 Å². The Morgan fingerprint density at radius 2 is 1.84 bits per heavy atom. The third-order valence-corrected chi connectivity index (χ3v) is 5.79. The second-order valence-electron chi connectivity index (χ2n) is 7.93. The van der Waals surface area contributed by atoms with Crippen molar-refractivity contribution in [2.75, 3.05) is 26.2 Å². The van der Waals surface area contributed by atoms with Gasteiger partial charge in [0.2, 0.25) is 11.8 Å². The Kier molecular flexibility index (Phi) is 6.10. The van der Waals surface area contributed by atoms with Crippen molar-refractivity contribution in [3.05, 3.63) is 11.7 Å². The first-order valence-corrected chi connectivity index (χ1v) is 9.90. The molecule has 1 aromatic rings. The van der Waals surface area contributed by atoms with Crippen molar-refractivity contribution in [2.24, 2.45) is 5.92 Å². The minimum atomic E-state index is 0.107. The molecular weight excluding hydrogens is 316 g/mol. The lowest BCUT2D eigenvalue weighted by Crippen LogP contribution is -2.49. The zero-order valence-electron chi connectivity index (χ0n) is 15.9. The monoisotopic (exact) mass is 348 g/mol. The molecule has 0 bridgehead atoms. The number of aromatic nitrogens is 2.